The van der Waals surface area contributed by atoms with Crippen molar-refractivity contribution in [2.75, 3.05) is 0 Å². The molecule has 86 valence electrons. The van der Waals surface area contributed by atoms with Crippen molar-refractivity contribution in [3.8, 4) is 0 Å². The summed E-state index contributed by atoms with van der Waals surface area (Å²) in [6.07, 6.45) is -0.322. The molecule has 1 saturated heterocycles. The van der Waals surface area contributed by atoms with Gasteiger partial charge in [0.1, 0.15) is 17.4 Å². The van der Waals surface area contributed by atoms with Gasteiger partial charge >= 0.3 is 12.1 Å². The lowest BCUT2D eigenvalue weighted by molar-refractivity contribution is -0.137. The Kier molecular flexibility index (Phi) is 3.02. The van der Waals surface area contributed by atoms with Crippen molar-refractivity contribution < 1.29 is 20.5 Å². The molecule has 0 saturated carbocycles. The fourth-order valence-corrected chi connectivity index (χ4v) is 1.13. The summed E-state index contributed by atoms with van der Waals surface area (Å²) in [7, 11) is 0. The molecule has 0 radical (unpaired) electrons. The number of carbonyl (C=O) groups is 2. The molecule has 1 rings (SSSR count). The summed E-state index contributed by atoms with van der Waals surface area (Å²) < 4.78 is 9.70. The Balaban J connectivity index is 0.00000225. The molecule has 0 unspecified atom stereocenters. The number of amides is 1. The largest absolute Gasteiger partial charge is 0.444 e. The first-order valence-electron chi connectivity index (χ1n) is 4.67. The van der Waals surface area contributed by atoms with Crippen LogP contribution in [0.4, 0.5) is 4.79 Å². The molecule has 1 atom stereocenters. The number of esters is 1. The minimum Gasteiger partial charge on any atom is -0.444 e. The van der Waals surface area contributed by atoms with Gasteiger partial charge in [0.05, 0.1) is 0 Å². The number of cyclic esters (lactones) is 1. The van der Waals surface area contributed by atoms with Crippen LogP contribution in [-0.4, -0.2) is 23.7 Å². The minimum absolute atomic E-state index is 0. The molecule has 1 heterocycles. The summed E-state index contributed by atoms with van der Waals surface area (Å²) in [6.45, 7) is 8.75. The zero-order valence-corrected chi connectivity index (χ0v) is 9.12. The van der Waals surface area contributed by atoms with Crippen LogP contribution in [0.2, 0.25) is 0 Å². The molecule has 5 heteroatoms. The van der Waals surface area contributed by atoms with Crippen molar-refractivity contribution in [2.45, 2.75) is 38.8 Å². The Labute approximate surface area is 89.9 Å². The SMILES string of the molecule is C=C1C[C@H](NC(=O)OC(C)(C)C)C(=O)O1.[HH]. The van der Waals surface area contributed by atoms with E-state index in [2.05, 4.69) is 11.9 Å². The van der Waals surface area contributed by atoms with Crippen LogP contribution >= 0.6 is 0 Å². The first-order valence-corrected chi connectivity index (χ1v) is 4.67. The molecule has 0 aromatic carbocycles. The summed E-state index contributed by atoms with van der Waals surface area (Å²) in [5, 5.41) is 2.42. The highest BCUT2D eigenvalue weighted by Gasteiger charge is 2.32. The maximum atomic E-state index is 11.3. The molecule has 5 nitrogen and oxygen atoms in total. The Hall–Kier alpha value is -1.52. The second kappa shape index (κ2) is 3.92. The molecule has 1 fully saturated rings. The average Bonchev–Trinajstić information content (AvgIpc) is 2.25. The van der Waals surface area contributed by atoms with Gasteiger partial charge in [0, 0.05) is 7.85 Å². The summed E-state index contributed by atoms with van der Waals surface area (Å²) in [5.41, 5.74) is -0.580. The number of alkyl carbamates (subject to hydrolysis) is 1. The smallest absolute Gasteiger partial charge is 0.408 e. The Morgan fingerprint density at radius 2 is 2.27 bits per heavy atom. The van der Waals surface area contributed by atoms with E-state index in [4.69, 9.17) is 9.47 Å². The van der Waals surface area contributed by atoms with E-state index in [1.807, 2.05) is 0 Å². The molecule has 0 spiro atoms. The van der Waals surface area contributed by atoms with E-state index < -0.39 is 23.7 Å². The summed E-state index contributed by atoms with van der Waals surface area (Å²) in [4.78, 5) is 22.4. The number of hydrogen-bond acceptors (Lipinski definition) is 4. The molecule has 0 bridgehead atoms. The van der Waals surface area contributed by atoms with Gasteiger partial charge in [0.15, 0.2) is 0 Å². The second-order valence-corrected chi connectivity index (χ2v) is 4.36. The number of ether oxygens (including phenoxy) is 2. The highest BCUT2D eigenvalue weighted by molar-refractivity contribution is 5.84. The normalized spacial score (nSPS) is 21.1. The standard InChI is InChI=1S/C10H15NO4.H2/c1-6-5-7(8(12)14-6)11-9(13)15-10(2,3)4;/h7H,1,5H2,2-4H3,(H,11,13);1H/t7-;/m0./s1. The van der Waals surface area contributed by atoms with Crippen LogP contribution in [0.25, 0.3) is 0 Å². The zero-order valence-electron chi connectivity index (χ0n) is 9.12. The van der Waals surface area contributed by atoms with Gasteiger partial charge in [-0.05, 0) is 20.8 Å². The van der Waals surface area contributed by atoms with Gasteiger partial charge in [0.25, 0.3) is 0 Å². The van der Waals surface area contributed by atoms with E-state index >= 15 is 0 Å². The third-order valence-corrected chi connectivity index (χ3v) is 1.65. The minimum atomic E-state index is -0.674. The predicted octanol–water partition coefficient (Wildman–Crippen LogP) is 1.59. The molecule has 1 aliphatic heterocycles. The topological polar surface area (TPSA) is 64.6 Å². The van der Waals surface area contributed by atoms with Gasteiger partial charge in [-0.1, -0.05) is 6.58 Å². The van der Waals surface area contributed by atoms with Crippen molar-refractivity contribution in [3.63, 3.8) is 0 Å². The lowest BCUT2D eigenvalue weighted by Crippen LogP contribution is -2.41. The van der Waals surface area contributed by atoms with Crippen molar-refractivity contribution >= 4 is 12.1 Å². The fraction of sp³-hybridized carbons (Fsp3) is 0.600. The van der Waals surface area contributed by atoms with Crippen LogP contribution < -0.4 is 5.32 Å². The first kappa shape index (κ1) is 11.6. The quantitative estimate of drug-likeness (QED) is 0.674. The molecule has 1 aliphatic rings. The fourth-order valence-electron chi connectivity index (χ4n) is 1.13. The van der Waals surface area contributed by atoms with E-state index in [-0.39, 0.29) is 1.43 Å². The highest BCUT2D eigenvalue weighted by Crippen LogP contribution is 2.17. The van der Waals surface area contributed by atoms with Gasteiger partial charge in [-0.2, -0.15) is 0 Å². The molecule has 1 N–H and O–H groups in total. The molecular formula is C10H17NO4. The molecular weight excluding hydrogens is 198 g/mol. The van der Waals surface area contributed by atoms with Gasteiger partial charge in [0.2, 0.25) is 0 Å². The first-order chi connectivity index (χ1) is 6.78. The van der Waals surface area contributed by atoms with Gasteiger partial charge in [-0.25, -0.2) is 9.59 Å². The van der Waals surface area contributed by atoms with Gasteiger partial charge in [-0.15, -0.1) is 0 Å². The summed E-state index contributed by atoms with van der Waals surface area (Å²) >= 11 is 0. The number of nitrogens with one attached hydrogen (secondary N) is 1. The number of hydrogen-bond donors (Lipinski definition) is 1. The number of carbonyl (C=O) groups excluding carboxylic acids is 2. The predicted molar refractivity (Wildman–Crippen MR) is 55.1 cm³/mol. The Bertz CT molecular complexity index is 308. The van der Waals surface area contributed by atoms with Gasteiger partial charge in [-0.3, -0.25) is 0 Å². The monoisotopic (exact) mass is 215 g/mol. The van der Waals surface area contributed by atoms with Crippen LogP contribution in [0.5, 0.6) is 0 Å². The lowest BCUT2D eigenvalue weighted by atomic mass is 10.2. The maximum Gasteiger partial charge on any atom is 0.408 e. The Morgan fingerprint density at radius 3 is 2.67 bits per heavy atom. The van der Waals surface area contributed by atoms with Crippen molar-refractivity contribution in [2.24, 2.45) is 0 Å². The molecule has 0 aromatic heterocycles. The van der Waals surface area contributed by atoms with Crippen LogP contribution in [0, 0.1) is 0 Å². The lowest BCUT2D eigenvalue weighted by Gasteiger charge is -2.20. The Morgan fingerprint density at radius 1 is 1.67 bits per heavy atom. The number of rotatable bonds is 1. The van der Waals surface area contributed by atoms with Crippen molar-refractivity contribution in [3.05, 3.63) is 12.3 Å². The molecule has 1 amide bonds. The van der Waals surface area contributed by atoms with Crippen LogP contribution in [0.15, 0.2) is 12.3 Å². The molecule has 0 aliphatic carbocycles. The van der Waals surface area contributed by atoms with E-state index in [1.165, 1.54) is 0 Å². The third-order valence-electron chi connectivity index (χ3n) is 1.65. The summed E-state index contributed by atoms with van der Waals surface area (Å²) in [6, 6.07) is -0.674. The second-order valence-electron chi connectivity index (χ2n) is 4.36. The zero-order chi connectivity index (χ0) is 11.6. The third kappa shape index (κ3) is 3.61. The van der Waals surface area contributed by atoms with Crippen molar-refractivity contribution in [1.82, 2.24) is 5.32 Å². The van der Waals surface area contributed by atoms with E-state index in [0.29, 0.717) is 12.2 Å². The summed E-state index contributed by atoms with van der Waals surface area (Å²) in [5.74, 6) is -0.132. The highest BCUT2D eigenvalue weighted by atomic mass is 16.6. The van der Waals surface area contributed by atoms with E-state index in [0.717, 1.165) is 0 Å². The van der Waals surface area contributed by atoms with Gasteiger partial charge < -0.3 is 14.8 Å². The molecule has 0 aromatic rings. The van der Waals surface area contributed by atoms with Crippen LogP contribution in [-0.2, 0) is 14.3 Å². The molecule has 15 heavy (non-hydrogen) atoms. The van der Waals surface area contributed by atoms with Crippen LogP contribution in [0.3, 0.4) is 0 Å². The maximum absolute atomic E-state index is 11.3. The van der Waals surface area contributed by atoms with Crippen LogP contribution in [0.1, 0.15) is 28.6 Å². The van der Waals surface area contributed by atoms with E-state index in [9.17, 15) is 9.59 Å². The average molecular weight is 215 g/mol. The van der Waals surface area contributed by atoms with E-state index in [1.54, 1.807) is 20.8 Å². The van der Waals surface area contributed by atoms with Crippen molar-refractivity contribution in [1.29, 1.82) is 0 Å².